The smallest absolute Gasteiger partial charge is 0.354 e. The average Bonchev–Trinajstić information content (AvgIpc) is 2.83. The standard InChI is InChI=1S/C12H16N2O2/c15-12(16)11-7-10(8-5-6-8)13-14(11)9-3-1-2-4-9/h7-9H,1-6H2,(H,15,16). The molecule has 1 N–H and O–H groups in total. The van der Waals surface area contributed by atoms with E-state index >= 15 is 0 Å². The third kappa shape index (κ3) is 1.62. The third-order valence-electron chi connectivity index (χ3n) is 3.64. The molecule has 1 aromatic rings. The van der Waals surface area contributed by atoms with Gasteiger partial charge >= 0.3 is 5.97 Å². The average molecular weight is 220 g/mol. The van der Waals surface area contributed by atoms with Gasteiger partial charge in [0.15, 0.2) is 0 Å². The maximum Gasteiger partial charge on any atom is 0.354 e. The fourth-order valence-corrected chi connectivity index (χ4v) is 2.58. The molecule has 0 unspecified atom stereocenters. The van der Waals surface area contributed by atoms with Crippen molar-refractivity contribution in [3.63, 3.8) is 0 Å². The first-order chi connectivity index (χ1) is 7.75. The number of hydrogen-bond acceptors (Lipinski definition) is 2. The molecule has 4 nitrogen and oxygen atoms in total. The van der Waals surface area contributed by atoms with Crippen LogP contribution in [0.2, 0.25) is 0 Å². The summed E-state index contributed by atoms with van der Waals surface area (Å²) in [7, 11) is 0. The van der Waals surface area contributed by atoms with E-state index in [0.29, 0.717) is 17.7 Å². The van der Waals surface area contributed by atoms with E-state index in [2.05, 4.69) is 5.10 Å². The Morgan fingerprint density at radius 2 is 2.00 bits per heavy atom. The lowest BCUT2D eigenvalue weighted by atomic mass is 10.2. The highest BCUT2D eigenvalue weighted by atomic mass is 16.4. The molecule has 0 amide bonds. The number of carbonyl (C=O) groups is 1. The monoisotopic (exact) mass is 220 g/mol. The summed E-state index contributed by atoms with van der Waals surface area (Å²) >= 11 is 0. The highest BCUT2D eigenvalue weighted by Gasteiger charge is 2.30. The first-order valence-corrected chi connectivity index (χ1v) is 6.08. The molecule has 16 heavy (non-hydrogen) atoms. The molecule has 86 valence electrons. The predicted molar refractivity (Wildman–Crippen MR) is 58.7 cm³/mol. The van der Waals surface area contributed by atoms with Gasteiger partial charge in [-0.15, -0.1) is 0 Å². The van der Waals surface area contributed by atoms with Crippen molar-refractivity contribution in [3.8, 4) is 0 Å². The second-order valence-electron chi connectivity index (χ2n) is 4.92. The largest absolute Gasteiger partial charge is 0.477 e. The molecule has 2 saturated carbocycles. The Kier molecular flexibility index (Phi) is 2.23. The lowest BCUT2D eigenvalue weighted by Crippen LogP contribution is -2.14. The number of nitrogens with zero attached hydrogens (tertiary/aromatic N) is 2. The fourth-order valence-electron chi connectivity index (χ4n) is 2.58. The number of hydrogen-bond donors (Lipinski definition) is 1. The first-order valence-electron chi connectivity index (χ1n) is 6.08. The molecule has 0 saturated heterocycles. The second-order valence-corrected chi connectivity index (χ2v) is 4.92. The van der Waals surface area contributed by atoms with Crippen LogP contribution in [0.15, 0.2) is 6.07 Å². The Morgan fingerprint density at radius 1 is 1.31 bits per heavy atom. The molecule has 2 aliphatic rings. The van der Waals surface area contributed by atoms with E-state index < -0.39 is 5.97 Å². The van der Waals surface area contributed by atoms with Crippen molar-refractivity contribution < 1.29 is 9.90 Å². The summed E-state index contributed by atoms with van der Waals surface area (Å²) in [6.07, 6.45) is 6.88. The second kappa shape index (κ2) is 3.61. The van der Waals surface area contributed by atoms with Gasteiger partial charge in [-0.3, -0.25) is 4.68 Å². The van der Waals surface area contributed by atoms with Gasteiger partial charge in [-0.05, 0) is 31.7 Å². The van der Waals surface area contributed by atoms with Crippen LogP contribution in [0.1, 0.15) is 66.7 Å². The van der Waals surface area contributed by atoms with Crippen LogP contribution < -0.4 is 0 Å². The summed E-state index contributed by atoms with van der Waals surface area (Å²) in [5, 5.41) is 13.7. The zero-order valence-corrected chi connectivity index (χ0v) is 9.22. The van der Waals surface area contributed by atoms with Crippen molar-refractivity contribution in [2.45, 2.75) is 50.5 Å². The Morgan fingerprint density at radius 3 is 2.56 bits per heavy atom. The zero-order valence-electron chi connectivity index (χ0n) is 9.22. The molecule has 4 heteroatoms. The minimum atomic E-state index is -0.841. The van der Waals surface area contributed by atoms with Crippen LogP contribution in [-0.4, -0.2) is 20.9 Å². The molecule has 1 heterocycles. The summed E-state index contributed by atoms with van der Waals surface area (Å²) in [5.41, 5.74) is 1.37. The summed E-state index contributed by atoms with van der Waals surface area (Å²) in [4.78, 5) is 11.2. The van der Waals surface area contributed by atoms with Gasteiger partial charge in [-0.2, -0.15) is 5.10 Å². The predicted octanol–water partition coefficient (Wildman–Crippen LogP) is 2.57. The Balaban J connectivity index is 1.96. The highest BCUT2D eigenvalue weighted by molar-refractivity contribution is 5.85. The van der Waals surface area contributed by atoms with Gasteiger partial charge in [-0.1, -0.05) is 12.8 Å². The van der Waals surface area contributed by atoms with E-state index in [0.717, 1.165) is 18.5 Å². The topological polar surface area (TPSA) is 55.1 Å². The van der Waals surface area contributed by atoms with Crippen molar-refractivity contribution >= 4 is 5.97 Å². The molecule has 2 aliphatic carbocycles. The molecule has 0 spiro atoms. The van der Waals surface area contributed by atoms with Crippen LogP contribution in [0.4, 0.5) is 0 Å². The van der Waals surface area contributed by atoms with Gasteiger partial charge in [-0.25, -0.2) is 4.79 Å². The summed E-state index contributed by atoms with van der Waals surface area (Å²) in [5.74, 6) is -0.313. The zero-order chi connectivity index (χ0) is 11.1. The summed E-state index contributed by atoms with van der Waals surface area (Å²) < 4.78 is 1.77. The van der Waals surface area contributed by atoms with E-state index in [1.54, 1.807) is 10.7 Å². The van der Waals surface area contributed by atoms with Gasteiger partial charge in [0, 0.05) is 5.92 Å². The highest BCUT2D eigenvalue weighted by Crippen LogP contribution is 2.40. The van der Waals surface area contributed by atoms with Crippen LogP contribution in [0.3, 0.4) is 0 Å². The van der Waals surface area contributed by atoms with Crippen molar-refractivity contribution in [3.05, 3.63) is 17.5 Å². The summed E-state index contributed by atoms with van der Waals surface area (Å²) in [6.45, 7) is 0. The van der Waals surface area contributed by atoms with Crippen LogP contribution >= 0.6 is 0 Å². The number of aromatic carboxylic acids is 1. The maximum atomic E-state index is 11.2. The van der Waals surface area contributed by atoms with Crippen LogP contribution in [0, 0.1) is 0 Å². The Bertz CT molecular complexity index is 415. The molecule has 2 fully saturated rings. The van der Waals surface area contributed by atoms with Crippen molar-refractivity contribution in [2.75, 3.05) is 0 Å². The number of carboxylic acid groups (broad SMARTS) is 1. The van der Waals surface area contributed by atoms with Crippen molar-refractivity contribution in [1.29, 1.82) is 0 Å². The van der Waals surface area contributed by atoms with E-state index in [9.17, 15) is 9.90 Å². The molecular weight excluding hydrogens is 204 g/mol. The van der Waals surface area contributed by atoms with Gasteiger partial charge < -0.3 is 5.11 Å². The van der Waals surface area contributed by atoms with Crippen molar-refractivity contribution in [1.82, 2.24) is 9.78 Å². The first kappa shape index (κ1) is 9.87. The maximum absolute atomic E-state index is 11.2. The van der Waals surface area contributed by atoms with Gasteiger partial charge in [0.2, 0.25) is 0 Å². The fraction of sp³-hybridized carbons (Fsp3) is 0.667. The minimum absolute atomic E-state index is 0.318. The van der Waals surface area contributed by atoms with Gasteiger partial charge in [0.05, 0.1) is 11.7 Å². The number of carboxylic acids is 1. The molecule has 0 aliphatic heterocycles. The number of aromatic nitrogens is 2. The third-order valence-corrected chi connectivity index (χ3v) is 3.64. The molecule has 0 atom stereocenters. The lowest BCUT2D eigenvalue weighted by molar-refractivity contribution is 0.0680. The lowest BCUT2D eigenvalue weighted by Gasteiger charge is -2.11. The van der Waals surface area contributed by atoms with E-state index in [4.69, 9.17) is 0 Å². The Labute approximate surface area is 94.3 Å². The Hall–Kier alpha value is -1.32. The molecular formula is C12H16N2O2. The van der Waals surface area contributed by atoms with Crippen LogP contribution in [0.25, 0.3) is 0 Å². The molecule has 0 aromatic carbocycles. The molecule has 0 bridgehead atoms. The number of rotatable bonds is 3. The van der Waals surface area contributed by atoms with Crippen LogP contribution in [0.5, 0.6) is 0 Å². The SMILES string of the molecule is O=C(O)c1cc(C2CC2)nn1C1CCCC1. The normalized spacial score (nSPS) is 21.5. The van der Waals surface area contributed by atoms with E-state index in [1.165, 1.54) is 25.7 Å². The van der Waals surface area contributed by atoms with Gasteiger partial charge in [0.25, 0.3) is 0 Å². The van der Waals surface area contributed by atoms with Crippen LogP contribution in [-0.2, 0) is 0 Å². The molecule has 3 rings (SSSR count). The summed E-state index contributed by atoms with van der Waals surface area (Å²) in [6, 6.07) is 2.09. The quantitative estimate of drug-likeness (QED) is 0.851. The van der Waals surface area contributed by atoms with E-state index in [-0.39, 0.29) is 0 Å². The molecule has 0 radical (unpaired) electrons. The van der Waals surface area contributed by atoms with Crippen molar-refractivity contribution in [2.24, 2.45) is 0 Å². The van der Waals surface area contributed by atoms with E-state index in [1.807, 2.05) is 0 Å². The minimum Gasteiger partial charge on any atom is -0.477 e. The van der Waals surface area contributed by atoms with Gasteiger partial charge in [0.1, 0.15) is 5.69 Å². The molecule has 1 aromatic heterocycles.